The van der Waals surface area contributed by atoms with Crippen molar-refractivity contribution in [2.75, 3.05) is 0 Å². The lowest BCUT2D eigenvalue weighted by Gasteiger charge is -2.12. The van der Waals surface area contributed by atoms with Gasteiger partial charge >= 0.3 is 0 Å². The van der Waals surface area contributed by atoms with E-state index in [0.717, 1.165) is 27.5 Å². The maximum absolute atomic E-state index is 5.26. The normalized spacial score (nSPS) is 11.6. The smallest absolute Gasteiger partial charge is 0.165 e. The van der Waals surface area contributed by atoms with Gasteiger partial charge < -0.3 is 0 Å². The highest BCUT2D eigenvalue weighted by Gasteiger charge is 2.21. The average molecular weight is 592 g/mol. The van der Waals surface area contributed by atoms with Crippen molar-refractivity contribution in [1.82, 2.24) is 15.0 Å². The molecule has 9 aromatic rings. The molecule has 0 atom stereocenters. The van der Waals surface area contributed by atoms with Gasteiger partial charge in [0.25, 0.3) is 0 Å². The Morgan fingerprint density at radius 1 is 0.400 bits per heavy atom. The first kappa shape index (κ1) is 25.8. The molecule has 9 rings (SSSR count). The number of hydrogen-bond donors (Lipinski definition) is 0. The van der Waals surface area contributed by atoms with E-state index in [4.69, 9.17) is 15.0 Å². The summed E-state index contributed by atoms with van der Waals surface area (Å²) in [5.74, 6) is 2.00. The zero-order valence-electron chi connectivity index (χ0n) is 24.2. The zero-order chi connectivity index (χ0) is 29.7. The molecule has 0 radical (unpaired) electrons. The van der Waals surface area contributed by atoms with Gasteiger partial charge in [-0.3, -0.25) is 0 Å². The highest BCUT2D eigenvalue weighted by Crippen LogP contribution is 2.46. The highest BCUT2D eigenvalue weighted by molar-refractivity contribution is 7.26. The summed E-state index contributed by atoms with van der Waals surface area (Å²) >= 11 is 1.84. The number of aromatic nitrogens is 3. The molecule has 3 nitrogen and oxygen atoms in total. The molecule has 0 saturated heterocycles. The van der Waals surface area contributed by atoms with Crippen molar-refractivity contribution in [3.63, 3.8) is 0 Å². The molecule has 0 spiro atoms. The number of benzene rings is 7. The van der Waals surface area contributed by atoms with Crippen molar-refractivity contribution < 1.29 is 0 Å². The summed E-state index contributed by atoms with van der Waals surface area (Å²) in [6.45, 7) is 0. The van der Waals surface area contributed by atoms with E-state index in [2.05, 4.69) is 133 Å². The quantitative estimate of drug-likeness (QED) is 0.204. The largest absolute Gasteiger partial charge is 0.208 e. The maximum atomic E-state index is 5.26. The number of hydrogen-bond acceptors (Lipinski definition) is 4. The molecule has 2 heterocycles. The summed E-state index contributed by atoms with van der Waals surface area (Å²) in [4.78, 5) is 15.5. The lowest BCUT2D eigenvalue weighted by atomic mass is 9.96. The van der Waals surface area contributed by atoms with Crippen LogP contribution in [-0.4, -0.2) is 15.0 Å². The van der Waals surface area contributed by atoms with Crippen LogP contribution < -0.4 is 0 Å². The summed E-state index contributed by atoms with van der Waals surface area (Å²) in [7, 11) is 0. The summed E-state index contributed by atoms with van der Waals surface area (Å²) in [5.41, 5.74) is 5.42. The monoisotopic (exact) mass is 591 g/mol. The van der Waals surface area contributed by atoms with E-state index in [-0.39, 0.29) is 0 Å². The SMILES string of the molecule is c1ccc(-c2nc(-c3ccc4ccccc4c3)nc(-c3c4ccccc4cc4sc5c(-c6ccccc6)cccc5c34)n2)cc1. The van der Waals surface area contributed by atoms with Gasteiger partial charge in [0.05, 0.1) is 0 Å². The average Bonchev–Trinajstić information content (AvgIpc) is 3.49. The molecule has 4 heteroatoms. The van der Waals surface area contributed by atoms with Gasteiger partial charge in [0.1, 0.15) is 0 Å². The number of thiophene rings is 1. The van der Waals surface area contributed by atoms with Crippen LogP contribution in [0.1, 0.15) is 0 Å². The van der Waals surface area contributed by atoms with E-state index in [1.165, 1.54) is 42.1 Å². The van der Waals surface area contributed by atoms with Crippen LogP contribution in [0.15, 0.2) is 152 Å². The van der Waals surface area contributed by atoms with Crippen molar-refractivity contribution in [3.05, 3.63) is 152 Å². The Kier molecular flexibility index (Phi) is 6.00. The fraction of sp³-hybridized carbons (Fsp3) is 0. The van der Waals surface area contributed by atoms with Crippen molar-refractivity contribution in [2.24, 2.45) is 0 Å². The van der Waals surface area contributed by atoms with Crippen LogP contribution in [0.25, 0.3) is 87.0 Å². The first-order valence-electron chi connectivity index (χ1n) is 15.0. The van der Waals surface area contributed by atoms with Crippen LogP contribution in [0.5, 0.6) is 0 Å². The second-order valence-electron chi connectivity index (χ2n) is 11.2. The van der Waals surface area contributed by atoms with Gasteiger partial charge in [0.2, 0.25) is 0 Å². The predicted molar refractivity (Wildman–Crippen MR) is 189 cm³/mol. The van der Waals surface area contributed by atoms with E-state index >= 15 is 0 Å². The fourth-order valence-corrected chi connectivity index (χ4v) is 7.66. The molecule has 0 fully saturated rings. The van der Waals surface area contributed by atoms with Gasteiger partial charge in [0.15, 0.2) is 17.5 Å². The number of nitrogens with zero attached hydrogens (tertiary/aromatic N) is 3. The van der Waals surface area contributed by atoms with Crippen molar-refractivity contribution in [3.8, 4) is 45.3 Å². The standard InChI is InChI=1S/C41H25N3S/c1-3-13-27(14-4-1)33-20-11-21-34-36-35(45-38(33)34)25-30-18-9-10-19-32(30)37(36)41-43-39(28-15-5-2-6-16-28)42-40(44-41)31-23-22-26-12-7-8-17-29(26)24-31/h1-25H. The van der Waals surface area contributed by atoms with Crippen LogP contribution in [-0.2, 0) is 0 Å². The molecule has 45 heavy (non-hydrogen) atoms. The third-order valence-electron chi connectivity index (χ3n) is 8.49. The minimum atomic E-state index is 0.661. The first-order chi connectivity index (χ1) is 22.3. The van der Waals surface area contributed by atoms with Crippen molar-refractivity contribution in [2.45, 2.75) is 0 Å². The van der Waals surface area contributed by atoms with Crippen molar-refractivity contribution in [1.29, 1.82) is 0 Å². The van der Waals surface area contributed by atoms with Gasteiger partial charge in [-0.05, 0) is 44.8 Å². The second-order valence-corrected chi connectivity index (χ2v) is 12.3. The first-order valence-corrected chi connectivity index (χ1v) is 15.9. The third kappa shape index (κ3) is 4.38. The fourth-order valence-electron chi connectivity index (χ4n) is 6.36. The summed E-state index contributed by atoms with van der Waals surface area (Å²) in [6, 6.07) is 53.2. The lowest BCUT2D eigenvalue weighted by Crippen LogP contribution is -2.01. The number of rotatable bonds is 4. The molecule has 0 amide bonds. The van der Waals surface area contributed by atoms with Gasteiger partial charge in [0, 0.05) is 36.9 Å². The Morgan fingerprint density at radius 2 is 1.02 bits per heavy atom. The molecular weight excluding hydrogens is 567 g/mol. The Morgan fingerprint density at radius 3 is 1.82 bits per heavy atom. The van der Waals surface area contributed by atoms with E-state index in [1.54, 1.807) is 0 Å². The Bertz CT molecular complexity index is 2540. The lowest BCUT2D eigenvalue weighted by molar-refractivity contribution is 1.08. The maximum Gasteiger partial charge on any atom is 0.165 e. The summed E-state index contributed by atoms with van der Waals surface area (Å²) in [6.07, 6.45) is 0. The Hall–Kier alpha value is -5.71. The third-order valence-corrected chi connectivity index (χ3v) is 9.68. The van der Waals surface area contributed by atoms with E-state index in [1.807, 2.05) is 29.5 Å². The summed E-state index contributed by atoms with van der Waals surface area (Å²) < 4.78 is 2.48. The van der Waals surface area contributed by atoms with E-state index in [0.29, 0.717) is 17.5 Å². The van der Waals surface area contributed by atoms with Gasteiger partial charge in [-0.15, -0.1) is 11.3 Å². The zero-order valence-corrected chi connectivity index (χ0v) is 25.0. The van der Waals surface area contributed by atoms with Crippen molar-refractivity contribution >= 4 is 53.1 Å². The highest BCUT2D eigenvalue weighted by atomic mass is 32.1. The van der Waals surface area contributed by atoms with Gasteiger partial charge in [-0.1, -0.05) is 140 Å². The minimum absolute atomic E-state index is 0.661. The molecule has 0 N–H and O–H groups in total. The van der Waals surface area contributed by atoms with Gasteiger partial charge in [-0.2, -0.15) is 0 Å². The van der Waals surface area contributed by atoms with Crippen LogP contribution in [0.4, 0.5) is 0 Å². The van der Waals surface area contributed by atoms with Crippen LogP contribution in [0.3, 0.4) is 0 Å². The van der Waals surface area contributed by atoms with Crippen LogP contribution in [0.2, 0.25) is 0 Å². The Balaban J connectivity index is 1.38. The minimum Gasteiger partial charge on any atom is -0.208 e. The Labute approximate surface area is 264 Å². The predicted octanol–water partition coefficient (Wildman–Crippen LogP) is 11.2. The van der Waals surface area contributed by atoms with Crippen LogP contribution >= 0.6 is 11.3 Å². The molecule has 210 valence electrons. The molecule has 0 aliphatic carbocycles. The molecule has 2 aromatic heterocycles. The van der Waals surface area contributed by atoms with E-state index in [9.17, 15) is 0 Å². The number of fused-ring (bicyclic) bond motifs is 5. The molecule has 0 saturated carbocycles. The molecular formula is C41H25N3S. The van der Waals surface area contributed by atoms with E-state index < -0.39 is 0 Å². The molecule has 7 aromatic carbocycles. The summed E-state index contributed by atoms with van der Waals surface area (Å²) in [5, 5.41) is 7.04. The molecule has 0 aliphatic heterocycles. The molecule has 0 aliphatic rings. The topological polar surface area (TPSA) is 38.7 Å². The molecule has 0 unspecified atom stereocenters. The molecule has 0 bridgehead atoms. The second kappa shape index (κ2) is 10.5. The van der Waals surface area contributed by atoms with Gasteiger partial charge in [-0.25, -0.2) is 15.0 Å². The van der Waals surface area contributed by atoms with Crippen LogP contribution in [0, 0.1) is 0 Å².